The fourth-order valence-corrected chi connectivity index (χ4v) is 2.65. The number of aryl methyl sites for hydroxylation is 1. The zero-order valence-electron chi connectivity index (χ0n) is 10.7. The lowest BCUT2D eigenvalue weighted by atomic mass is 9.96. The molecule has 0 spiro atoms. The second kappa shape index (κ2) is 5.29. The van der Waals surface area contributed by atoms with Crippen LogP contribution >= 0.6 is 11.6 Å². The first-order chi connectivity index (χ1) is 8.47. The minimum atomic E-state index is -0.296. The lowest BCUT2D eigenvalue weighted by Gasteiger charge is -2.34. The molecule has 18 heavy (non-hydrogen) atoms. The van der Waals surface area contributed by atoms with Crippen LogP contribution < -0.4 is 0 Å². The van der Waals surface area contributed by atoms with Crippen molar-refractivity contribution in [1.29, 1.82) is 0 Å². The van der Waals surface area contributed by atoms with Crippen molar-refractivity contribution >= 4 is 17.5 Å². The van der Waals surface area contributed by atoms with Gasteiger partial charge in [-0.2, -0.15) is 0 Å². The van der Waals surface area contributed by atoms with E-state index in [1.807, 2.05) is 26.0 Å². The van der Waals surface area contributed by atoms with Gasteiger partial charge in [0.2, 0.25) is 0 Å². The summed E-state index contributed by atoms with van der Waals surface area (Å²) in [6.07, 6.45) is 0.349. The van der Waals surface area contributed by atoms with Crippen LogP contribution in [0, 0.1) is 12.8 Å². The van der Waals surface area contributed by atoms with Crippen molar-refractivity contribution in [3.63, 3.8) is 0 Å². The molecule has 1 saturated heterocycles. The molecule has 4 heteroatoms. The van der Waals surface area contributed by atoms with E-state index in [4.69, 9.17) is 11.6 Å². The van der Waals surface area contributed by atoms with Gasteiger partial charge < -0.3 is 10.0 Å². The Hall–Kier alpha value is -1.06. The number of amides is 1. The van der Waals surface area contributed by atoms with Gasteiger partial charge in [-0.1, -0.05) is 18.5 Å². The van der Waals surface area contributed by atoms with Crippen molar-refractivity contribution in [3.8, 4) is 0 Å². The highest BCUT2D eigenvalue weighted by Gasteiger charge is 2.27. The van der Waals surface area contributed by atoms with Gasteiger partial charge in [0, 0.05) is 23.7 Å². The van der Waals surface area contributed by atoms with Crippen LogP contribution in [0.15, 0.2) is 18.2 Å². The summed E-state index contributed by atoms with van der Waals surface area (Å²) >= 11 is 5.97. The van der Waals surface area contributed by atoms with Gasteiger partial charge in [0.1, 0.15) is 0 Å². The molecular formula is C14H18ClNO2. The third kappa shape index (κ3) is 2.85. The smallest absolute Gasteiger partial charge is 0.253 e. The molecule has 1 heterocycles. The van der Waals surface area contributed by atoms with Gasteiger partial charge in [-0.15, -0.1) is 0 Å². The molecular weight excluding hydrogens is 250 g/mol. The highest BCUT2D eigenvalue weighted by molar-refractivity contribution is 6.31. The highest BCUT2D eigenvalue weighted by Crippen LogP contribution is 2.21. The zero-order chi connectivity index (χ0) is 13.3. The van der Waals surface area contributed by atoms with Crippen LogP contribution in [0.5, 0.6) is 0 Å². The molecule has 1 aliphatic heterocycles. The van der Waals surface area contributed by atoms with Crippen molar-refractivity contribution in [2.75, 3.05) is 13.1 Å². The standard InChI is InChI=1S/C14H18ClNO2/c1-9-5-11(7-12(15)6-9)14(18)16-4-3-13(17)10(2)8-16/h5-7,10,13,17H,3-4,8H2,1-2H3. The van der Waals surface area contributed by atoms with E-state index in [-0.39, 0.29) is 17.9 Å². The number of carbonyl (C=O) groups excluding carboxylic acids is 1. The monoisotopic (exact) mass is 267 g/mol. The molecule has 0 saturated carbocycles. The number of aliphatic hydroxyl groups is 1. The van der Waals surface area contributed by atoms with Crippen molar-refractivity contribution in [1.82, 2.24) is 4.90 Å². The summed E-state index contributed by atoms with van der Waals surface area (Å²) in [5, 5.41) is 10.3. The summed E-state index contributed by atoms with van der Waals surface area (Å²) in [5.41, 5.74) is 1.61. The second-order valence-electron chi connectivity index (χ2n) is 5.10. The summed E-state index contributed by atoms with van der Waals surface area (Å²) in [6, 6.07) is 5.39. The Kier molecular flexibility index (Phi) is 3.93. The van der Waals surface area contributed by atoms with E-state index in [9.17, 15) is 9.90 Å². The maximum absolute atomic E-state index is 12.3. The van der Waals surface area contributed by atoms with Crippen molar-refractivity contribution in [2.45, 2.75) is 26.4 Å². The number of rotatable bonds is 1. The van der Waals surface area contributed by atoms with Crippen LogP contribution in [0.4, 0.5) is 0 Å². The molecule has 98 valence electrons. The molecule has 2 unspecified atom stereocenters. The lowest BCUT2D eigenvalue weighted by molar-refractivity contribution is 0.0297. The Bertz CT molecular complexity index is 441. The minimum Gasteiger partial charge on any atom is -0.393 e. The summed E-state index contributed by atoms with van der Waals surface area (Å²) in [4.78, 5) is 14.1. The van der Waals surface area contributed by atoms with Crippen LogP contribution in [-0.2, 0) is 0 Å². The third-order valence-corrected chi connectivity index (χ3v) is 3.65. The Morgan fingerprint density at radius 3 is 2.78 bits per heavy atom. The number of hydrogen-bond acceptors (Lipinski definition) is 2. The maximum atomic E-state index is 12.3. The second-order valence-corrected chi connectivity index (χ2v) is 5.54. The van der Waals surface area contributed by atoms with E-state index in [2.05, 4.69) is 0 Å². The van der Waals surface area contributed by atoms with Gasteiger partial charge >= 0.3 is 0 Å². The van der Waals surface area contributed by atoms with E-state index in [1.54, 1.807) is 11.0 Å². The molecule has 0 bridgehead atoms. The maximum Gasteiger partial charge on any atom is 0.253 e. The van der Waals surface area contributed by atoms with Crippen LogP contribution in [0.1, 0.15) is 29.3 Å². The molecule has 0 aliphatic carbocycles. The van der Waals surface area contributed by atoms with Gasteiger partial charge in [-0.3, -0.25) is 4.79 Å². The number of carbonyl (C=O) groups is 1. The van der Waals surface area contributed by atoms with E-state index in [0.717, 1.165) is 5.56 Å². The highest BCUT2D eigenvalue weighted by atomic mass is 35.5. The predicted molar refractivity (Wildman–Crippen MR) is 71.9 cm³/mol. The number of hydrogen-bond donors (Lipinski definition) is 1. The summed E-state index contributed by atoms with van der Waals surface area (Å²) in [7, 11) is 0. The van der Waals surface area contributed by atoms with Crippen LogP contribution in [0.25, 0.3) is 0 Å². The third-order valence-electron chi connectivity index (χ3n) is 3.44. The Morgan fingerprint density at radius 2 is 2.17 bits per heavy atom. The Balaban J connectivity index is 2.16. The molecule has 1 aliphatic rings. The number of aliphatic hydroxyl groups excluding tert-OH is 1. The predicted octanol–water partition coefficient (Wildman–Crippen LogP) is 2.49. The van der Waals surface area contributed by atoms with E-state index in [0.29, 0.717) is 30.1 Å². The molecule has 0 radical (unpaired) electrons. The molecule has 2 rings (SSSR count). The summed E-state index contributed by atoms with van der Waals surface area (Å²) in [5.74, 6) is 0.127. The SMILES string of the molecule is Cc1cc(Cl)cc(C(=O)N2CCC(O)C(C)C2)c1. The fourth-order valence-electron chi connectivity index (χ4n) is 2.36. The molecule has 0 aromatic heterocycles. The molecule has 1 amide bonds. The molecule has 1 aromatic rings. The first-order valence-corrected chi connectivity index (χ1v) is 6.59. The van der Waals surface area contributed by atoms with E-state index < -0.39 is 0 Å². The van der Waals surface area contributed by atoms with E-state index >= 15 is 0 Å². The molecule has 1 N–H and O–H groups in total. The fraction of sp³-hybridized carbons (Fsp3) is 0.500. The quantitative estimate of drug-likeness (QED) is 0.849. The Morgan fingerprint density at radius 1 is 1.44 bits per heavy atom. The minimum absolute atomic E-state index is 0.000602. The van der Waals surface area contributed by atoms with Gasteiger partial charge in [-0.25, -0.2) is 0 Å². The van der Waals surface area contributed by atoms with Crippen molar-refractivity contribution in [3.05, 3.63) is 34.3 Å². The number of likely N-dealkylation sites (tertiary alicyclic amines) is 1. The Labute approximate surface area is 112 Å². The molecule has 1 aromatic carbocycles. The van der Waals surface area contributed by atoms with Crippen LogP contribution in [-0.4, -0.2) is 35.1 Å². The van der Waals surface area contributed by atoms with Gasteiger partial charge in [0.25, 0.3) is 5.91 Å². The van der Waals surface area contributed by atoms with Gasteiger partial charge in [-0.05, 0) is 43.0 Å². The average Bonchev–Trinajstić information content (AvgIpc) is 2.30. The number of benzene rings is 1. The normalized spacial score (nSPS) is 24.1. The summed E-state index contributed by atoms with van der Waals surface area (Å²) < 4.78 is 0. The lowest BCUT2D eigenvalue weighted by Crippen LogP contribution is -2.44. The first kappa shape index (κ1) is 13.4. The van der Waals surface area contributed by atoms with Crippen LogP contribution in [0.2, 0.25) is 5.02 Å². The van der Waals surface area contributed by atoms with Crippen molar-refractivity contribution < 1.29 is 9.90 Å². The molecule has 2 atom stereocenters. The first-order valence-electron chi connectivity index (χ1n) is 6.22. The van der Waals surface area contributed by atoms with E-state index in [1.165, 1.54) is 0 Å². The van der Waals surface area contributed by atoms with Crippen molar-refractivity contribution in [2.24, 2.45) is 5.92 Å². The zero-order valence-corrected chi connectivity index (χ0v) is 11.4. The topological polar surface area (TPSA) is 40.5 Å². The number of piperidine rings is 1. The largest absolute Gasteiger partial charge is 0.393 e. The van der Waals surface area contributed by atoms with Gasteiger partial charge in [0.15, 0.2) is 0 Å². The average molecular weight is 268 g/mol. The van der Waals surface area contributed by atoms with Gasteiger partial charge in [0.05, 0.1) is 6.10 Å². The number of halogens is 1. The van der Waals surface area contributed by atoms with Crippen LogP contribution in [0.3, 0.4) is 0 Å². The molecule has 1 fully saturated rings. The number of nitrogens with zero attached hydrogens (tertiary/aromatic N) is 1. The summed E-state index contributed by atoms with van der Waals surface area (Å²) in [6.45, 7) is 5.10. The molecule has 3 nitrogen and oxygen atoms in total.